The highest BCUT2D eigenvalue weighted by Gasteiger charge is 2.05. The fraction of sp³-hybridized carbons (Fsp3) is 0.250. The molecule has 0 saturated heterocycles. The van der Waals surface area contributed by atoms with Gasteiger partial charge in [-0.05, 0) is 44.0 Å². The topological polar surface area (TPSA) is 42.0 Å². The Bertz CT molecular complexity index is 544. The molecule has 3 nitrogen and oxygen atoms in total. The van der Waals surface area contributed by atoms with E-state index in [1.807, 2.05) is 44.3 Å². The van der Waals surface area contributed by atoms with Gasteiger partial charge < -0.3 is 5.32 Å². The molecule has 0 spiro atoms. The zero-order chi connectivity index (χ0) is 13.7. The quantitative estimate of drug-likeness (QED) is 0.911. The maximum atomic E-state index is 12.0. The van der Waals surface area contributed by atoms with Crippen LogP contribution in [0.25, 0.3) is 0 Å². The van der Waals surface area contributed by atoms with Crippen molar-refractivity contribution in [3.63, 3.8) is 0 Å². The smallest absolute Gasteiger partial charge is 0.251 e. The summed E-state index contributed by atoms with van der Waals surface area (Å²) in [7, 11) is 0. The predicted molar refractivity (Wildman–Crippen MR) is 76.2 cm³/mol. The number of pyridine rings is 1. The van der Waals surface area contributed by atoms with E-state index in [0.29, 0.717) is 6.54 Å². The Balaban J connectivity index is 1.91. The summed E-state index contributed by atoms with van der Waals surface area (Å²) < 4.78 is 0. The number of nitrogens with zero attached hydrogens (tertiary/aromatic N) is 1. The van der Waals surface area contributed by atoms with E-state index in [0.717, 1.165) is 28.7 Å². The molecule has 1 aromatic carbocycles. The first kappa shape index (κ1) is 13.3. The van der Waals surface area contributed by atoms with E-state index in [2.05, 4.69) is 16.4 Å². The van der Waals surface area contributed by atoms with Gasteiger partial charge in [-0.2, -0.15) is 0 Å². The zero-order valence-corrected chi connectivity index (χ0v) is 11.3. The van der Waals surface area contributed by atoms with Crippen LogP contribution in [-0.4, -0.2) is 17.4 Å². The molecule has 0 bridgehead atoms. The fourth-order valence-corrected chi connectivity index (χ4v) is 2.07. The molecule has 0 aliphatic carbocycles. The molecule has 0 unspecified atom stereocenters. The van der Waals surface area contributed by atoms with E-state index < -0.39 is 0 Å². The van der Waals surface area contributed by atoms with Crippen molar-refractivity contribution >= 4 is 5.91 Å². The number of aryl methyl sites for hydroxylation is 2. The van der Waals surface area contributed by atoms with E-state index in [-0.39, 0.29) is 5.91 Å². The number of aromatic nitrogens is 1. The number of benzene rings is 1. The van der Waals surface area contributed by atoms with E-state index >= 15 is 0 Å². The number of hydrogen-bond donors (Lipinski definition) is 1. The predicted octanol–water partition coefficient (Wildman–Crippen LogP) is 2.67. The van der Waals surface area contributed by atoms with Crippen LogP contribution in [0.3, 0.4) is 0 Å². The molecule has 1 N–H and O–H groups in total. The van der Waals surface area contributed by atoms with Crippen LogP contribution in [-0.2, 0) is 6.42 Å². The molecule has 19 heavy (non-hydrogen) atoms. The van der Waals surface area contributed by atoms with E-state index in [4.69, 9.17) is 0 Å². The molecule has 0 fully saturated rings. The minimum Gasteiger partial charge on any atom is -0.352 e. The van der Waals surface area contributed by atoms with Gasteiger partial charge in [0.2, 0.25) is 0 Å². The Kier molecular flexibility index (Phi) is 4.29. The summed E-state index contributed by atoms with van der Waals surface area (Å²) in [5, 5.41) is 2.94. The molecule has 2 aromatic rings. The molecule has 0 aliphatic rings. The first-order valence-electron chi connectivity index (χ1n) is 6.40. The molecule has 98 valence electrons. The van der Waals surface area contributed by atoms with Crippen molar-refractivity contribution in [1.82, 2.24) is 10.3 Å². The molecule has 0 radical (unpaired) electrons. The van der Waals surface area contributed by atoms with E-state index in [1.165, 1.54) is 0 Å². The third-order valence-electron chi connectivity index (χ3n) is 2.91. The van der Waals surface area contributed by atoms with Gasteiger partial charge in [0.1, 0.15) is 0 Å². The summed E-state index contributed by atoms with van der Waals surface area (Å²) in [4.78, 5) is 16.1. The standard InChI is InChI=1S/C16H18N2O/c1-12-8-13(2)10-15(9-12)16(19)18-7-5-14-4-3-6-17-11-14/h3-4,6,8-11H,5,7H2,1-2H3,(H,18,19). The van der Waals surface area contributed by atoms with Crippen molar-refractivity contribution in [3.8, 4) is 0 Å². The lowest BCUT2D eigenvalue weighted by Gasteiger charge is -2.07. The lowest BCUT2D eigenvalue weighted by molar-refractivity contribution is 0.0954. The molecule has 2 rings (SSSR count). The summed E-state index contributed by atoms with van der Waals surface area (Å²) in [6.07, 6.45) is 4.37. The van der Waals surface area contributed by atoms with Gasteiger partial charge in [0.05, 0.1) is 0 Å². The first-order valence-corrected chi connectivity index (χ1v) is 6.40. The molecule has 0 aliphatic heterocycles. The van der Waals surface area contributed by atoms with E-state index in [1.54, 1.807) is 6.20 Å². The van der Waals surface area contributed by atoms with Gasteiger partial charge in [-0.1, -0.05) is 23.3 Å². The van der Waals surface area contributed by atoms with Crippen molar-refractivity contribution < 1.29 is 4.79 Å². The Morgan fingerprint density at radius 3 is 2.58 bits per heavy atom. The summed E-state index contributed by atoms with van der Waals surface area (Å²) >= 11 is 0. The van der Waals surface area contributed by atoms with E-state index in [9.17, 15) is 4.79 Å². The second-order valence-electron chi connectivity index (χ2n) is 4.74. The summed E-state index contributed by atoms with van der Waals surface area (Å²) in [6.45, 7) is 4.62. The van der Waals surface area contributed by atoms with Gasteiger partial charge in [-0.15, -0.1) is 0 Å². The van der Waals surface area contributed by atoms with Crippen molar-refractivity contribution in [2.24, 2.45) is 0 Å². The number of hydrogen-bond acceptors (Lipinski definition) is 2. The van der Waals surface area contributed by atoms with Crippen molar-refractivity contribution in [2.75, 3.05) is 6.54 Å². The Labute approximate surface area is 113 Å². The Hall–Kier alpha value is -2.16. The highest BCUT2D eigenvalue weighted by molar-refractivity contribution is 5.94. The van der Waals surface area contributed by atoms with Crippen molar-refractivity contribution in [2.45, 2.75) is 20.3 Å². The largest absolute Gasteiger partial charge is 0.352 e. The van der Waals surface area contributed by atoms with Crippen LogP contribution in [0, 0.1) is 13.8 Å². The summed E-state index contributed by atoms with van der Waals surface area (Å²) in [5.41, 5.74) is 4.07. The summed E-state index contributed by atoms with van der Waals surface area (Å²) in [6, 6.07) is 9.79. The van der Waals surface area contributed by atoms with Gasteiger partial charge in [0, 0.05) is 24.5 Å². The second-order valence-corrected chi connectivity index (χ2v) is 4.74. The SMILES string of the molecule is Cc1cc(C)cc(C(=O)NCCc2cccnc2)c1. The van der Waals surface area contributed by atoms with Crippen LogP contribution >= 0.6 is 0 Å². The molecular weight excluding hydrogens is 236 g/mol. The van der Waals surface area contributed by atoms with Crippen LogP contribution in [0.4, 0.5) is 0 Å². The highest BCUT2D eigenvalue weighted by atomic mass is 16.1. The van der Waals surface area contributed by atoms with Crippen molar-refractivity contribution in [1.29, 1.82) is 0 Å². The average molecular weight is 254 g/mol. The molecule has 0 atom stereocenters. The monoisotopic (exact) mass is 254 g/mol. The Morgan fingerprint density at radius 1 is 1.21 bits per heavy atom. The second kappa shape index (κ2) is 6.14. The molecular formula is C16H18N2O. The lowest BCUT2D eigenvalue weighted by Crippen LogP contribution is -2.25. The minimum absolute atomic E-state index is 0.0179. The van der Waals surface area contributed by atoms with Gasteiger partial charge in [-0.3, -0.25) is 9.78 Å². The average Bonchev–Trinajstić information content (AvgIpc) is 2.38. The number of amides is 1. The molecule has 1 aromatic heterocycles. The maximum absolute atomic E-state index is 12.0. The van der Waals surface area contributed by atoms with Crippen LogP contribution in [0.5, 0.6) is 0 Å². The highest BCUT2D eigenvalue weighted by Crippen LogP contribution is 2.08. The fourth-order valence-electron chi connectivity index (χ4n) is 2.07. The zero-order valence-electron chi connectivity index (χ0n) is 11.3. The molecule has 0 saturated carbocycles. The number of rotatable bonds is 4. The van der Waals surface area contributed by atoms with Gasteiger partial charge in [0.15, 0.2) is 0 Å². The lowest BCUT2D eigenvalue weighted by atomic mass is 10.1. The summed E-state index contributed by atoms with van der Waals surface area (Å²) in [5.74, 6) is -0.0179. The van der Waals surface area contributed by atoms with Crippen LogP contribution in [0.2, 0.25) is 0 Å². The number of carbonyl (C=O) groups excluding carboxylic acids is 1. The number of carbonyl (C=O) groups is 1. The minimum atomic E-state index is -0.0179. The van der Waals surface area contributed by atoms with Gasteiger partial charge >= 0.3 is 0 Å². The first-order chi connectivity index (χ1) is 9.15. The van der Waals surface area contributed by atoms with Crippen LogP contribution in [0.15, 0.2) is 42.7 Å². The normalized spacial score (nSPS) is 10.2. The molecule has 3 heteroatoms. The van der Waals surface area contributed by atoms with Gasteiger partial charge in [0.25, 0.3) is 5.91 Å². The number of nitrogens with one attached hydrogen (secondary N) is 1. The van der Waals surface area contributed by atoms with Crippen LogP contribution < -0.4 is 5.32 Å². The molecule has 1 amide bonds. The van der Waals surface area contributed by atoms with Crippen molar-refractivity contribution in [3.05, 3.63) is 65.0 Å². The third-order valence-corrected chi connectivity index (χ3v) is 2.91. The van der Waals surface area contributed by atoms with Gasteiger partial charge in [-0.25, -0.2) is 0 Å². The third kappa shape index (κ3) is 3.91. The molecule has 1 heterocycles. The Morgan fingerprint density at radius 2 is 1.95 bits per heavy atom. The maximum Gasteiger partial charge on any atom is 0.251 e. The van der Waals surface area contributed by atoms with Crippen LogP contribution in [0.1, 0.15) is 27.0 Å².